The van der Waals surface area contributed by atoms with Gasteiger partial charge in [0.05, 0.1) is 12.1 Å². The van der Waals surface area contributed by atoms with Gasteiger partial charge in [-0.1, -0.05) is 29.8 Å². The van der Waals surface area contributed by atoms with Crippen molar-refractivity contribution in [1.82, 2.24) is 19.8 Å². The second-order valence-electron chi connectivity index (χ2n) is 6.88. The molecule has 2 aliphatic rings. The lowest BCUT2D eigenvalue weighted by Gasteiger charge is -2.22. The van der Waals surface area contributed by atoms with Crippen LogP contribution in [-0.4, -0.2) is 51.2 Å². The topological polar surface area (TPSA) is 66.4 Å². The van der Waals surface area contributed by atoms with E-state index in [1.807, 2.05) is 11.0 Å². The lowest BCUT2D eigenvalue weighted by atomic mass is 10.0. The van der Waals surface area contributed by atoms with Crippen LogP contribution in [0.25, 0.3) is 0 Å². The second-order valence-corrected chi connectivity index (χ2v) is 6.88. The SMILES string of the molecule is Cc1cccc(CN2C[C@@H]3CN(C(=O)c4cnccn4)C[C@@H]3C2=O)c1. The Kier molecular flexibility index (Phi) is 3.95. The van der Waals surface area contributed by atoms with Crippen molar-refractivity contribution in [3.05, 3.63) is 59.7 Å². The molecular weight excluding hydrogens is 316 g/mol. The quantitative estimate of drug-likeness (QED) is 0.852. The van der Waals surface area contributed by atoms with E-state index in [0.717, 1.165) is 5.56 Å². The fourth-order valence-electron chi connectivity index (χ4n) is 3.85. The van der Waals surface area contributed by atoms with Crippen molar-refractivity contribution in [3.8, 4) is 0 Å². The average Bonchev–Trinajstić information content (AvgIpc) is 3.15. The molecule has 2 atom stereocenters. The molecule has 6 heteroatoms. The van der Waals surface area contributed by atoms with E-state index in [-0.39, 0.29) is 23.7 Å². The monoisotopic (exact) mass is 336 g/mol. The van der Waals surface area contributed by atoms with Crippen LogP contribution in [0.1, 0.15) is 21.6 Å². The predicted octanol–water partition coefficient (Wildman–Crippen LogP) is 1.52. The molecule has 0 spiro atoms. The normalized spacial score (nSPS) is 22.4. The summed E-state index contributed by atoms with van der Waals surface area (Å²) in [6, 6.07) is 8.25. The minimum absolute atomic E-state index is 0.0922. The lowest BCUT2D eigenvalue weighted by molar-refractivity contribution is -0.131. The van der Waals surface area contributed by atoms with Crippen LogP contribution in [0.4, 0.5) is 0 Å². The Bertz CT molecular complexity index is 808. The van der Waals surface area contributed by atoms with Gasteiger partial charge in [0.25, 0.3) is 5.91 Å². The molecule has 6 nitrogen and oxygen atoms in total. The van der Waals surface area contributed by atoms with Crippen LogP contribution in [0.15, 0.2) is 42.9 Å². The van der Waals surface area contributed by atoms with Crippen LogP contribution in [0.3, 0.4) is 0 Å². The van der Waals surface area contributed by atoms with Gasteiger partial charge in [-0.25, -0.2) is 4.98 Å². The first kappa shape index (κ1) is 15.7. The predicted molar refractivity (Wildman–Crippen MR) is 91.5 cm³/mol. The number of rotatable bonds is 3. The Morgan fingerprint density at radius 2 is 2.12 bits per heavy atom. The Balaban J connectivity index is 1.42. The van der Waals surface area contributed by atoms with Crippen molar-refractivity contribution in [2.75, 3.05) is 19.6 Å². The number of aromatic nitrogens is 2. The van der Waals surface area contributed by atoms with Crippen molar-refractivity contribution >= 4 is 11.8 Å². The van der Waals surface area contributed by atoms with E-state index in [0.29, 0.717) is 31.9 Å². The maximum atomic E-state index is 12.7. The number of fused-ring (bicyclic) bond motifs is 1. The fourth-order valence-corrected chi connectivity index (χ4v) is 3.85. The highest BCUT2D eigenvalue weighted by Gasteiger charge is 2.47. The van der Waals surface area contributed by atoms with Crippen LogP contribution in [0, 0.1) is 18.8 Å². The molecule has 1 aromatic heterocycles. The van der Waals surface area contributed by atoms with Crippen molar-refractivity contribution in [2.24, 2.45) is 11.8 Å². The molecule has 128 valence electrons. The van der Waals surface area contributed by atoms with Crippen molar-refractivity contribution in [2.45, 2.75) is 13.5 Å². The molecule has 25 heavy (non-hydrogen) atoms. The Morgan fingerprint density at radius 1 is 1.24 bits per heavy atom. The summed E-state index contributed by atoms with van der Waals surface area (Å²) >= 11 is 0. The van der Waals surface area contributed by atoms with Gasteiger partial charge < -0.3 is 9.80 Å². The molecule has 2 aliphatic heterocycles. The molecule has 2 fully saturated rings. The largest absolute Gasteiger partial charge is 0.338 e. The summed E-state index contributed by atoms with van der Waals surface area (Å²) in [6.07, 6.45) is 4.53. The van der Waals surface area contributed by atoms with Gasteiger partial charge in [0, 0.05) is 44.5 Å². The number of carbonyl (C=O) groups excluding carboxylic acids is 2. The van der Waals surface area contributed by atoms with E-state index < -0.39 is 0 Å². The third-order valence-electron chi connectivity index (χ3n) is 5.05. The maximum Gasteiger partial charge on any atom is 0.274 e. The minimum atomic E-state index is -0.138. The molecule has 0 radical (unpaired) electrons. The van der Waals surface area contributed by atoms with Crippen LogP contribution >= 0.6 is 0 Å². The van der Waals surface area contributed by atoms with Crippen LogP contribution < -0.4 is 0 Å². The molecule has 2 aromatic rings. The lowest BCUT2D eigenvalue weighted by Crippen LogP contribution is -2.35. The number of likely N-dealkylation sites (tertiary alicyclic amines) is 2. The first-order valence-electron chi connectivity index (χ1n) is 8.51. The zero-order chi connectivity index (χ0) is 17.4. The van der Waals surface area contributed by atoms with E-state index in [1.165, 1.54) is 18.0 Å². The highest BCUT2D eigenvalue weighted by molar-refractivity contribution is 5.93. The van der Waals surface area contributed by atoms with Crippen molar-refractivity contribution in [3.63, 3.8) is 0 Å². The van der Waals surface area contributed by atoms with Crippen molar-refractivity contribution < 1.29 is 9.59 Å². The fraction of sp³-hybridized carbons (Fsp3) is 0.368. The molecule has 0 bridgehead atoms. The molecule has 0 saturated carbocycles. The van der Waals surface area contributed by atoms with Crippen molar-refractivity contribution in [1.29, 1.82) is 0 Å². The number of hydrogen-bond donors (Lipinski definition) is 0. The zero-order valence-corrected chi connectivity index (χ0v) is 14.1. The summed E-state index contributed by atoms with van der Waals surface area (Å²) in [5.41, 5.74) is 2.69. The van der Waals surface area contributed by atoms with E-state index in [1.54, 1.807) is 11.1 Å². The van der Waals surface area contributed by atoms with Gasteiger partial charge in [-0.15, -0.1) is 0 Å². The Labute approximate surface area is 146 Å². The standard InChI is InChI=1S/C19H20N4O2/c1-13-3-2-4-14(7-13)9-22-10-15-11-23(12-16(15)18(22)24)19(25)17-8-20-5-6-21-17/h2-8,15-16H,9-12H2,1H3/t15-,16+/m1/s1. The van der Waals surface area contributed by atoms with Gasteiger partial charge in [-0.3, -0.25) is 14.6 Å². The van der Waals surface area contributed by atoms with Gasteiger partial charge in [-0.05, 0) is 12.5 Å². The molecule has 2 saturated heterocycles. The number of benzene rings is 1. The van der Waals surface area contributed by atoms with Crippen LogP contribution in [-0.2, 0) is 11.3 Å². The molecule has 4 rings (SSSR count). The maximum absolute atomic E-state index is 12.7. The number of aryl methyl sites for hydroxylation is 1. The zero-order valence-electron chi connectivity index (χ0n) is 14.1. The highest BCUT2D eigenvalue weighted by atomic mass is 16.2. The van der Waals surface area contributed by atoms with E-state index in [2.05, 4.69) is 35.1 Å². The highest BCUT2D eigenvalue weighted by Crippen LogP contribution is 2.33. The van der Waals surface area contributed by atoms with Gasteiger partial charge in [0.1, 0.15) is 5.69 Å². The van der Waals surface area contributed by atoms with Gasteiger partial charge >= 0.3 is 0 Å². The molecule has 0 N–H and O–H groups in total. The van der Waals surface area contributed by atoms with E-state index >= 15 is 0 Å². The summed E-state index contributed by atoms with van der Waals surface area (Å²) in [5, 5.41) is 0. The van der Waals surface area contributed by atoms with Crippen LogP contribution in [0.5, 0.6) is 0 Å². The molecule has 1 aromatic carbocycles. The number of nitrogens with zero attached hydrogens (tertiary/aromatic N) is 4. The second kappa shape index (κ2) is 6.27. The first-order valence-corrected chi connectivity index (χ1v) is 8.51. The smallest absolute Gasteiger partial charge is 0.274 e. The molecule has 0 unspecified atom stereocenters. The van der Waals surface area contributed by atoms with Gasteiger partial charge in [-0.2, -0.15) is 0 Å². The van der Waals surface area contributed by atoms with Gasteiger partial charge in [0.2, 0.25) is 5.91 Å². The summed E-state index contributed by atoms with van der Waals surface area (Å²) in [6.45, 7) is 4.49. The van der Waals surface area contributed by atoms with E-state index in [9.17, 15) is 9.59 Å². The number of carbonyl (C=O) groups is 2. The average molecular weight is 336 g/mol. The third-order valence-corrected chi connectivity index (χ3v) is 5.05. The van der Waals surface area contributed by atoms with Crippen LogP contribution in [0.2, 0.25) is 0 Å². The van der Waals surface area contributed by atoms with E-state index in [4.69, 9.17) is 0 Å². The minimum Gasteiger partial charge on any atom is -0.338 e. The molecule has 2 amide bonds. The third kappa shape index (κ3) is 2.99. The first-order chi connectivity index (χ1) is 12.1. The molecular formula is C19H20N4O2. The number of amides is 2. The molecule has 0 aliphatic carbocycles. The Hall–Kier alpha value is -2.76. The number of hydrogen-bond acceptors (Lipinski definition) is 4. The summed E-state index contributed by atoms with van der Waals surface area (Å²) in [7, 11) is 0. The van der Waals surface area contributed by atoms with Gasteiger partial charge in [0.15, 0.2) is 0 Å². The Morgan fingerprint density at radius 3 is 2.84 bits per heavy atom. The summed E-state index contributed by atoms with van der Waals surface area (Å²) in [5.74, 6) is 0.129. The summed E-state index contributed by atoms with van der Waals surface area (Å²) in [4.78, 5) is 36.9. The molecule has 3 heterocycles. The summed E-state index contributed by atoms with van der Waals surface area (Å²) < 4.78 is 0.